The number of aryl methyl sites for hydroxylation is 1. The number of rotatable bonds is 3. The van der Waals surface area contributed by atoms with Gasteiger partial charge in [0.25, 0.3) is 5.91 Å². The van der Waals surface area contributed by atoms with Gasteiger partial charge in [0.05, 0.1) is 18.2 Å². The van der Waals surface area contributed by atoms with Crippen LogP contribution in [0.3, 0.4) is 0 Å². The molecule has 0 aromatic heterocycles. The molecule has 1 saturated heterocycles. The molecule has 2 N–H and O–H groups in total. The number of hydrogen-bond donors (Lipinski definition) is 2. The van der Waals surface area contributed by atoms with E-state index in [2.05, 4.69) is 10.6 Å². The first-order valence-corrected chi connectivity index (χ1v) is 5.87. The zero-order chi connectivity index (χ0) is 12.3. The average molecular weight is 234 g/mol. The lowest BCUT2D eigenvalue weighted by atomic mass is 10.1. The fourth-order valence-corrected chi connectivity index (χ4v) is 1.98. The van der Waals surface area contributed by atoms with E-state index in [1.807, 2.05) is 32.2 Å². The Morgan fingerprint density at radius 2 is 2.29 bits per heavy atom. The SMILES string of the molecule is CNc1ccc(C)cc1C(=O)NC1CCOC1. The maximum absolute atomic E-state index is 12.1. The van der Waals surface area contributed by atoms with Gasteiger partial charge < -0.3 is 15.4 Å². The highest BCUT2D eigenvalue weighted by atomic mass is 16.5. The molecule has 0 saturated carbocycles. The van der Waals surface area contributed by atoms with E-state index in [4.69, 9.17) is 4.74 Å². The van der Waals surface area contributed by atoms with Crippen molar-refractivity contribution in [2.45, 2.75) is 19.4 Å². The molecule has 1 aliphatic heterocycles. The minimum atomic E-state index is -0.0337. The zero-order valence-electron chi connectivity index (χ0n) is 10.2. The van der Waals surface area contributed by atoms with Crippen molar-refractivity contribution in [1.29, 1.82) is 0 Å². The molecule has 0 radical (unpaired) electrons. The summed E-state index contributed by atoms with van der Waals surface area (Å²) in [6, 6.07) is 5.96. The van der Waals surface area contributed by atoms with Gasteiger partial charge in [0, 0.05) is 19.3 Å². The van der Waals surface area contributed by atoms with Crippen molar-refractivity contribution >= 4 is 11.6 Å². The van der Waals surface area contributed by atoms with Crippen molar-refractivity contribution < 1.29 is 9.53 Å². The molecule has 1 aromatic rings. The molecule has 1 atom stereocenters. The molecule has 0 aliphatic carbocycles. The third kappa shape index (κ3) is 2.77. The Kier molecular flexibility index (Phi) is 3.64. The standard InChI is InChI=1S/C13H18N2O2/c1-9-3-4-12(14-2)11(7-9)13(16)15-10-5-6-17-8-10/h3-4,7,10,14H,5-6,8H2,1-2H3,(H,15,16). The lowest BCUT2D eigenvalue weighted by molar-refractivity contribution is 0.0930. The number of nitrogens with one attached hydrogen (secondary N) is 2. The molecular formula is C13H18N2O2. The van der Waals surface area contributed by atoms with Crippen molar-refractivity contribution in [2.75, 3.05) is 25.6 Å². The van der Waals surface area contributed by atoms with Gasteiger partial charge in [-0.05, 0) is 25.5 Å². The van der Waals surface area contributed by atoms with Crippen LogP contribution in [-0.4, -0.2) is 32.2 Å². The van der Waals surface area contributed by atoms with E-state index >= 15 is 0 Å². The summed E-state index contributed by atoms with van der Waals surface area (Å²) in [6.45, 7) is 3.33. The number of benzene rings is 1. The van der Waals surface area contributed by atoms with Crippen molar-refractivity contribution in [3.05, 3.63) is 29.3 Å². The largest absolute Gasteiger partial charge is 0.387 e. The summed E-state index contributed by atoms with van der Waals surface area (Å²) in [6.07, 6.45) is 0.895. The first-order valence-electron chi connectivity index (χ1n) is 5.87. The van der Waals surface area contributed by atoms with Gasteiger partial charge in [-0.25, -0.2) is 0 Å². The number of ether oxygens (including phenoxy) is 1. The van der Waals surface area contributed by atoms with Crippen LogP contribution in [0, 0.1) is 6.92 Å². The highest BCUT2D eigenvalue weighted by Crippen LogP contribution is 2.17. The molecule has 4 nitrogen and oxygen atoms in total. The van der Waals surface area contributed by atoms with Gasteiger partial charge in [0.2, 0.25) is 0 Å². The Balaban J connectivity index is 2.14. The molecule has 17 heavy (non-hydrogen) atoms. The minimum Gasteiger partial charge on any atom is -0.387 e. The molecule has 1 aliphatic rings. The highest BCUT2D eigenvalue weighted by molar-refractivity contribution is 6.00. The van der Waals surface area contributed by atoms with Gasteiger partial charge in [0.15, 0.2) is 0 Å². The predicted molar refractivity (Wildman–Crippen MR) is 67.4 cm³/mol. The van der Waals surface area contributed by atoms with Crippen molar-refractivity contribution in [3.63, 3.8) is 0 Å². The molecule has 1 heterocycles. The van der Waals surface area contributed by atoms with Crippen molar-refractivity contribution in [2.24, 2.45) is 0 Å². The summed E-state index contributed by atoms with van der Waals surface area (Å²) < 4.78 is 5.24. The normalized spacial score (nSPS) is 19.1. The van der Waals surface area contributed by atoms with Crippen LogP contribution in [0.15, 0.2) is 18.2 Å². The number of carbonyl (C=O) groups excluding carboxylic acids is 1. The monoisotopic (exact) mass is 234 g/mol. The van der Waals surface area contributed by atoms with Crippen LogP contribution >= 0.6 is 0 Å². The number of hydrogen-bond acceptors (Lipinski definition) is 3. The Morgan fingerprint density at radius 1 is 1.47 bits per heavy atom. The van der Waals surface area contributed by atoms with Crippen LogP contribution < -0.4 is 10.6 Å². The molecular weight excluding hydrogens is 216 g/mol. The van der Waals surface area contributed by atoms with Crippen molar-refractivity contribution in [3.8, 4) is 0 Å². The van der Waals surface area contributed by atoms with E-state index in [0.29, 0.717) is 12.2 Å². The maximum Gasteiger partial charge on any atom is 0.253 e. The number of amides is 1. The lowest BCUT2D eigenvalue weighted by Crippen LogP contribution is -2.35. The van der Waals surface area contributed by atoms with Crippen LogP contribution in [0.5, 0.6) is 0 Å². The van der Waals surface area contributed by atoms with Crippen LogP contribution in [0.4, 0.5) is 5.69 Å². The molecule has 1 fully saturated rings. The van der Waals surface area contributed by atoms with E-state index < -0.39 is 0 Å². The summed E-state index contributed by atoms with van der Waals surface area (Å²) in [5.41, 5.74) is 2.63. The van der Waals surface area contributed by atoms with Gasteiger partial charge in [-0.3, -0.25) is 4.79 Å². The van der Waals surface area contributed by atoms with E-state index in [0.717, 1.165) is 24.3 Å². The fourth-order valence-electron chi connectivity index (χ4n) is 1.98. The van der Waals surface area contributed by atoms with Gasteiger partial charge in [-0.2, -0.15) is 0 Å². The Morgan fingerprint density at radius 3 is 2.94 bits per heavy atom. The molecule has 1 aromatic carbocycles. The van der Waals surface area contributed by atoms with Gasteiger partial charge in [-0.15, -0.1) is 0 Å². The Hall–Kier alpha value is -1.55. The first-order chi connectivity index (χ1) is 8.20. The number of carbonyl (C=O) groups is 1. The second kappa shape index (κ2) is 5.19. The molecule has 2 rings (SSSR count). The molecule has 1 unspecified atom stereocenters. The zero-order valence-corrected chi connectivity index (χ0v) is 10.2. The predicted octanol–water partition coefficient (Wildman–Crippen LogP) is 1.56. The summed E-state index contributed by atoms with van der Waals surface area (Å²) in [5, 5.41) is 6.03. The van der Waals surface area contributed by atoms with Gasteiger partial charge in [-0.1, -0.05) is 11.6 Å². The third-order valence-corrected chi connectivity index (χ3v) is 2.95. The minimum absolute atomic E-state index is 0.0337. The fraction of sp³-hybridized carbons (Fsp3) is 0.462. The number of anilines is 1. The molecule has 92 valence electrons. The van der Waals surface area contributed by atoms with Crippen LogP contribution in [0.2, 0.25) is 0 Å². The summed E-state index contributed by atoms with van der Waals surface area (Å²) in [7, 11) is 1.82. The quantitative estimate of drug-likeness (QED) is 0.834. The second-order valence-corrected chi connectivity index (χ2v) is 4.33. The van der Waals surface area contributed by atoms with Crippen LogP contribution in [0.25, 0.3) is 0 Å². The molecule has 0 bridgehead atoms. The Bertz CT molecular complexity index is 412. The van der Waals surface area contributed by atoms with E-state index in [1.54, 1.807) is 0 Å². The smallest absolute Gasteiger partial charge is 0.253 e. The van der Waals surface area contributed by atoms with E-state index in [-0.39, 0.29) is 11.9 Å². The highest BCUT2D eigenvalue weighted by Gasteiger charge is 2.19. The van der Waals surface area contributed by atoms with Crippen molar-refractivity contribution in [1.82, 2.24) is 5.32 Å². The molecule has 4 heteroatoms. The van der Waals surface area contributed by atoms with Gasteiger partial charge in [0.1, 0.15) is 0 Å². The second-order valence-electron chi connectivity index (χ2n) is 4.33. The summed E-state index contributed by atoms with van der Waals surface area (Å²) in [5.74, 6) is -0.0337. The summed E-state index contributed by atoms with van der Waals surface area (Å²) >= 11 is 0. The van der Waals surface area contributed by atoms with Crippen LogP contribution in [-0.2, 0) is 4.74 Å². The van der Waals surface area contributed by atoms with Crippen LogP contribution in [0.1, 0.15) is 22.3 Å². The summed E-state index contributed by atoms with van der Waals surface area (Å²) in [4.78, 5) is 12.1. The average Bonchev–Trinajstić information content (AvgIpc) is 2.81. The third-order valence-electron chi connectivity index (χ3n) is 2.95. The molecule has 0 spiro atoms. The van der Waals surface area contributed by atoms with Gasteiger partial charge >= 0.3 is 0 Å². The van der Waals surface area contributed by atoms with E-state index in [9.17, 15) is 4.79 Å². The van der Waals surface area contributed by atoms with E-state index in [1.165, 1.54) is 0 Å². The topological polar surface area (TPSA) is 50.4 Å². The Labute approximate surface area is 101 Å². The maximum atomic E-state index is 12.1. The molecule has 1 amide bonds. The first kappa shape index (κ1) is 11.9. The lowest BCUT2D eigenvalue weighted by Gasteiger charge is -2.14.